The van der Waals surface area contributed by atoms with Crippen molar-refractivity contribution in [1.82, 2.24) is 9.34 Å². The number of esters is 1. The van der Waals surface area contributed by atoms with Crippen LogP contribution in [0.3, 0.4) is 0 Å². The van der Waals surface area contributed by atoms with Gasteiger partial charge in [-0.05, 0) is 55.3 Å². The smallest absolute Gasteiger partial charge is 0.348 e. The zero-order valence-electron chi connectivity index (χ0n) is 20.3. The van der Waals surface area contributed by atoms with Gasteiger partial charge in [0.25, 0.3) is 5.69 Å². The van der Waals surface area contributed by atoms with Crippen molar-refractivity contribution in [3.05, 3.63) is 81.0 Å². The lowest BCUT2D eigenvalue weighted by Crippen LogP contribution is -2.42. The van der Waals surface area contributed by atoms with Crippen LogP contribution in [0.15, 0.2) is 64.3 Å². The minimum Gasteiger partial charge on any atom is -0.465 e. The second-order valence-electron chi connectivity index (χ2n) is 8.71. The number of ether oxygens (including phenoxy) is 1. The Bertz CT molecular complexity index is 1430. The summed E-state index contributed by atoms with van der Waals surface area (Å²) in [6.07, 6.45) is 3.11. The highest BCUT2D eigenvalue weighted by Crippen LogP contribution is 2.62. The number of methoxy groups -OCH3 is 1. The molecule has 1 aromatic heterocycles. The highest BCUT2D eigenvalue weighted by Gasteiger charge is 2.43. The van der Waals surface area contributed by atoms with Gasteiger partial charge in [-0.25, -0.2) is 23.6 Å². The van der Waals surface area contributed by atoms with Crippen molar-refractivity contribution in [3.63, 3.8) is 0 Å². The number of benzene rings is 2. The molecular weight excluding hydrogens is 516 g/mol. The molecule has 0 radical (unpaired) electrons. The minimum absolute atomic E-state index is 0.0148. The number of non-ortho nitro benzene ring substituents is 1. The first-order chi connectivity index (χ1) is 17.8. The highest BCUT2D eigenvalue weighted by atomic mass is 32.1. The van der Waals surface area contributed by atoms with Crippen LogP contribution in [-0.4, -0.2) is 53.3 Å². The fourth-order valence-electron chi connectivity index (χ4n) is 4.67. The molecule has 1 fully saturated rings. The number of aliphatic imine (C=N–C) groups is 1. The Kier molecular flexibility index (Phi) is 6.94. The monoisotopic (exact) mass is 541 g/mol. The van der Waals surface area contributed by atoms with Crippen LogP contribution in [0.25, 0.3) is 0 Å². The number of thiophene rings is 1. The van der Waals surface area contributed by atoms with E-state index in [-0.39, 0.29) is 11.5 Å². The van der Waals surface area contributed by atoms with E-state index in [1.54, 1.807) is 24.3 Å². The van der Waals surface area contributed by atoms with Crippen molar-refractivity contribution in [2.24, 2.45) is 9.74 Å². The number of carbonyl (C=O) groups excluding carboxylic acids is 1. The molecule has 3 heterocycles. The Balaban J connectivity index is 1.79. The number of piperidine rings is 1. The molecule has 1 saturated heterocycles. The molecule has 5 rings (SSSR count). The summed E-state index contributed by atoms with van der Waals surface area (Å²) in [5.74, 6) is -0.178. The first-order valence-electron chi connectivity index (χ1n) is 11.8. The standard InChI is InChI=1S/C25H25FN5O4PS/c1-29-23(17-6-8-18(26)9-7-17)27-24-21(16-22(37-24)25(32)35-2)36(29,30-14-4-3-5-15-30)28-19-10-12-20(13-11-19)31(33)34/h6-13,16H,3-5,14-15H2,1-2H3/t36-/m0/s1. The number of nitro groups is 1. The number of rotatable bonds is 5. The quantitative estimate of drug-likeness (QED) is 0.168. The lowest BCUT2D eigenvalue weighted by molar-refractivity contribution is -0.384. The molecule has 0 N–H and O–H groups in total. The van der Waals surface area contributed by atoms with Gasteiger partial charge in [0.15, 0.2) is 7.36 Å². The molecule has 0 amide bonds. The van der Waals surface area contributed by atoms with Gasteiger partial charge in [-0.3, -0.25) is 10.1 Å². The maximum absolute atomic E-state index is 13.8. The molecule has 1 atom stereocenters. The Labute approximate surface area is 217 Å². The maximum atomic E-state index is 13.8. The summed E-state index contributed by atoms with van der Waals surface area (Å²) in [7, 11) is 0.500. The SMILES string of the molecule is COC(=O)c1cc2c(s1)N=C(c1ccc(F)cc1)N(C)[P@]2(=Nc1ccc([N+](=O)[O-])cc1)N1CCCCC1. The van der Waals surface area contributed by atoms with Gasteiger partial charge in [0, 0.05) is 37.8 Å². The van der Waals surface area contributed by atoms with Crippen LogP contribution in [0.5, 0.6) is 0 Å². The molecule has 192 valence electrons. The zero-order valence-corrected chi connectivity index (χ0v) is 22.0. The second kappa shape index (κ2) is 10.2. The number of halogens is 1. The van der Waals surface area contributed by atoms with Gasteiger partial charge in [-0.2, -0.15) is 0 Å². The van der Waals surface area contributed by atoms with Gasteiger partial charge in [-0.15, -0.1) is 11.3 Å². The molecule has 9 nitrogen and oxygen atoms in total. The van der Waals surface area contributed by atoms with Crippen molar-refractivity contribution < 1.29 is 18.8 Å². The third-order valence-corrected chi connectivity index (χ3v) is 11.4. The molecule has 12 heteroatoms. The van der Waals surface area contributed by atoms with Crippen LogP contribution < -0.4 is 5.30 Å². The first kappa shape index (κ1) is 25.3. The lowest BCUT2D eigenvalue weighted by atomic mass is 10.2. The molecule has 0 bridgehead atoms. The van der Waals surface area contributed by atoms with E-state index < -0.39 is 18.2 Å². The second-order valence-corrected chi connectivity index (χ2v) is 12.7. The van der Waals surface area contributed by atoms with Gasteiger partial charge < -0.3 is 9.41 Å². The van der Waals surface area contributed by atoms with Gasteiger partial charge in [0.1, 0.15) is 21.5 Å². The summed E-state index contributed by atoms with van der Waals surface area (Å²) in [4.78, 5) is 28.7. The predicted molar refractivity (Wildman–Crippen MR) is 143 cm³/mol. The van der Waals surface area contributed by atoms with Crippen molar-refractivity contribution in [2.45, 2.75) is 19.3 Å². The first-order valence-corrected chi connectivity index (χ1v) is 14.2. The van der Waals surface area contributed by atoms with Gasteiger partial charge in [-0.1, -0.05) is 6.42 Å². The van der Waals surface area contributed by atoms with E-state index in [0.29, 0.717) is 21.4 Å². The average molecular weight is 542 g/mol. The maximum Gasteiger partial charge on any atom is 0.348 e. The number of hydrogen-bond donors (Lipinski definition) is 0. The summed E-state index contributed by atoms with van der Waals surface area (Å²) < 4.78 is 28.5. The Morgan fingerprint density at radius 2 is 1.81 bits per heavy atom. The van der Waals surface area contributed by atoms with E-state index >= 15 is 0 Å². The summed E-state index contributed by atoms with van der Waals surface area (Å²) in [6.45, 7) is 1.60. The van der Waals surface area contributed by atoms with Crippen LogP contribution in [0, 0.1) is 15.9 Å². The molecule has 2 aromatic carbocycles. The van der Waals surface area contributed by atoms with Crippen LogP contribution in [0.1, 0.15) is 34.5 Å². The average Bonchev–Trinajstić information content (AvgIpc) is 3.36. The van der Waals surface area contributed by atoms with Crippen LogP contribution in [0.2, 0.25) is 0 Å². The zero-order chi connectivity index (χ0) is 26.2. The van der Waals surface area contributed by atoms with Crippen LogP contribution >= 0.6 is 18.7 Å². The molecule has 2 aliphatic rings. The number of nitrogens with zero attached hydrogens (tertiary/aromatic N) is 5. The molecular formula is C25H25FN5O4PS. The molecule has 2 aliphatic heterocycles. The molecule has 37 heavy (non-hydrogen) atoms. The molecule has 0 spiro atoms. The third kappa shape index (κ3) is 4.58. The number of carbonyl (C=O) groups is 1. The fourth-order valence-corrected chi connectivity index (χ4v) is 9.81. The topological polar surface area (TPSA) is 101 Å². The number of amidine groups is 1. The van der Waals surface area contributed by atoms with E-state index in [1.807, 2.05) is 13.1 Å². The molecule has 0 aliphatic carbocycles. The number of hydrogen-bond acceptors (Lipinski definition) is 7. The number of nitro benzene ring substituents is 1. The molecule has 0 unspecified atom stereocenters. The molecule has 0 saturated carbocycles. The fraction of sp³-hybridized carbons (Fsp3) is 0.280. The van der Waals surface area contributed by atoms with E-state index in [9.17, 15) is 19.3 Å². The Morgan fingerprint density at radius 1 is 1.14 bits per heavy atom. The van der Waals surface area contributed by atoms with E-state index in [2.05, 4.69) is 9.34 Å². The Hall–Kier alpha value is -3.40. The van der Waals surface area contributed by atoms with Crippen LogP contribution in [-0.2, 0) is 4.74 Å². The summed E-state index contributed by atoms with van der Waals surface area (Å²) in [6, 6.07) is 14.2. The van der Waals surface area contributed by atoms with E-state index in [4.69, 9.17) is 14.5 Å². The summed E-state index contributed by atoms with van der Waals surface area (Å²) in [5.41, 5.74) is 1.30. The summed E-state index contributed by atoms with van der Waals surface area (Å²) in [5, 5.41) is 12.7. The third-order valence-electron chi connectivity index (χ3n) is 6.48. The van der Waals surface area contributed by atoms with Gasteiger partial charge >= 0.3 is 5.97 Å². The lowest BCUT2D eigenvalue weighted by Gasteiger charge is -2.46. The summed E-state index contributed by atoms with van der Waals surface area (Å²) >= 11 is 1.24. The van der Waals surface area contributed by atoms with E-state index in [0.717, 1.165) is 43.2 Å². The highest BCUT2D eigenvalue weighted by molar-refractivity contribution is 7.71. The molecule has 3 aromatic rings. The minimum atomic E-state index is -2.77. The largest absolute Gasteiger partial charge is 0.465 e. The van der Waals surface area contributed by atoms with Gasteiger partial charge in [0.05, 0.1) is 23.0 Å². The van der Waals surface area contributed by atoms with Gasteiger partial charge in [0.2, 0.25) is 0 Å². The predicted octanol–water partition coefficient (Wildman–Crippen LogP) is 6.08. The Morgan fingerprint density at radius 3 is 2.43 bits per heavy atom. The van der Waals surface area contributed by atoms with Crippen LogP contribution in [0.4, 0.5) is 20.8 Å². The van der Waals surface area contributed by atoms with Crippen molar-refractivity contribution >= 4 is 52.2 Å². The van der Waals surface area contributed by atoms with Crippen molar-refractivity contribution in [2.75, 3.05) is 27.2 Å². The normalized spacial score (nSPS) is 19.6. The van der Waals surface area contributed by atoms with Crippen molar-refractivity contribution in [1.29, 1.82) is 0 Å². The van der Waals surface area contributed by atoms with Crippen molar-refractivity contribution in [3.8, 4) is 0 Å². The van der Waals surface area contributed by atoms with E-state index in [1.165, 1.54) is 42.7 Å². The number of fused-ring (bicyclic) bond motifs is 1.